The van der Waals surface area contributed by atoms with Gasteiger partial charge in [0.2, 0.25) is 5.91 Å². The molecule has 0 atom stereocenters. The number of carbonyl (C=O) groups excluding carboxylic acids is 1. The Morgan fingerprint density at radius 1 is 1.17 bits per heavy atom. The Kier molecular flexibility index (Phi) is 5.19. The number of nitrogens with one attached hydrogen (secondary N) is 1. The van der Waals surface area contributed by atoms with E-state index in [2.05, 4.69) is 30.6 Å². The summed E-state index contributed by atoms with van der Waals surface area (Å²) in [6.07, 6.45) is -0.0827. The van der Waals surface area contributed by atoms with E-state index in [-0.39, 0.29) is 12.3 Å². The number of thiazole rings is 1. The first-order valence-corrected chi connectivity index (χ1v) is 10.9. The third kappa shape index (κ3) is 3.68. The minimum atomic E-state index is -0.452. The van der Waals surface area contributed by atoms with Gasteiger partial charge in [-0.1, -0.05) is 28.1 Å². The molecule has 0 unspecified atom stereocenters. The third-order valence-corrected chi connectivity index (χ3v) is 6.61. The Labute approximate surface area is 180 Å². The van der Waals surface area contributed by atoms with Gasteiger partial charge in [-0.25, -0.2) is 9.78 Å². The lowest BCUT2D eigenvalue weighted by atomic mass is 10.2. The van der Waals surface area contributed by atoms with Crippen molar-refractivity contribution >= 4 is 60.1 Å². The fourth-order valence-corrected chi connectivity index (χ4v) is 4.69. The van der Waals surface area contributed by atoms with Crippen LogP contribution >= 0.6 is 38.8 Å². The lowest BCUT2D eigenvalue weighted by Crippen LogP contribution is -2.36. The maximum atomic E-state index is 12.5. The zero-order valence-electron chi connectivity index (χ0n) is 15.3. The standard InChI is InChI=1S/C18H14BrN5O3S2/c1-23-15(26)14-11(22-29-16(14)24(2)18(23)27)7-13(25)21-17-20-12(8-28-17)9-3-5-10(19)6-4-9/h3-6,8H,7H2,1-2H3,(H,20,21,25). The van der Waals surface area contributed by atoms with Gasteiger partial charge in [-0.3, -0.25) is 18.7 Å². The van der Waals surface area contributed by atoms with Crippen LogP contribution in [0.1, 0.15) is 5.69 Å². The summed E-state index contributed by atoms with van der Waals surface area (Å²) in [5, 5.41) is 5.38. The first kappa shape index (κ1) is 19.7. The molecule has 1 aromatic carbocycles. The number of benzene rings is 1. The van der Waals surface area contributed by atoms with E-state index in [4.69, 9.17) is 0 Å². The molecule has 0 aliphatic rings. The lowest BCUT2D eigenvalue weighted by Gasteiger charge is -2.04. The Morgan fingerprint density at radius 3 is 2.62 bits per heavy atom. The van der Waals surface area contributed by atoms with Crippen LogP contribution < -0.4 is 16.6 Å². The molecule has 0 aliphatic carbocycles. The van der Waals surface area contributed by atoms with Crippen LogP contribution in [0.2, 0.25) is 0 Å². The van der Waals surface area contributed by atoms with Crippen LogP contribution in [-0.4, -0.2) is 24.4 Å². The maximum Gasteiger partial charge on any atom is 0.331 e. The van der Waals surface area contributed by atoms with Crippen molar-refractivity contribution < 1.29 is 4.79 Å². The van der Waals surface area contributed by atoms with Gasteiger partial charge < -0.3 is 5.32 Å². The summed E-state index contributed by atoms with van der Waals surface area (Å²) >= 11 is 5.75. The second-order valence-corrected chi connectivity index (χ2v) is 8.81. The molecule has 3 heterocycles. The predicted molar refractivity (Wildman–Crippen MR) is 118 cm³/mol. The summed E-state index contributed by atoms with van der Waals surface area (Å²) in [6, 6.07) is 7.72. The van der Waals surface area contributed by atoms with Gasteiger partial charge in [-0.2, -0.15) is 4.37 Å². The van der Waals surface area contributed by atoms with Crippen molar-refractivity contribution in [1.29, 1.82) is 0 Å². The Bertz CT molecular complexity index is 1350. The molecule has 148 valence electrons. The minimum absolute atomic E-state index is 0.0827. The van der Waals surface area contributed by atoms with Gasteiger partial charge in [0.05, 0.1) is 23.2 Å². The van der Waals surface area contributed by atoms with Crippen molar-refractivity contribution in [3.05, 3.63) is 60.7 Å². The molecule has 29 heavy (non-hydrogen) atoms. The molecule has 0 radical (unpaired) electrons. The van der Waals surface area contributed by atoms with Crippen LogP contribution in [0, 0.1) is 0 Å². The highest BCUT2D eigenvalue weighted by Gasteiger charge is 2.19. The molecule has 3 aromatic heterocycles. The summed E-state index contributed by atoms with van der Waals surface area (Å²) in [5.74, 6) is -0.329. The normalized spacial score (nSPS) is 11.1. The summed E-state index contributed by atoms with van der Waals surface area (Å²) in [5.41, 5.74) is 1.18. The predicted octanol–water partition coefficient (Wildman–Crippen LogP) is 2.76. The van der Waals surface area contributed by atoms with E-state index < -0.39 is 11.2 Å². The monoisotopic (exact) mass is 491 g/mol. The number of amides is 1. The summed E-state index contributed by atoms with van der Waals surface area (Å²) in [7, 11) is 2.98. The third-order valence-electron chi connectivity index (χ3n) is 4.36. The van der Waals surface area contributed by atoms with Crippen LogP contribution in [0.15, 0.2) is 43.7 Å². The SMILES string of the molecule is Cn1c(=O)c2c(CC(=O)Nc3nc(-c4ccc(Br)cc4)cs3)nsc2n(C)c1=O. The first-order valence-electron chi connectivity index (χ1n) is 8.40. The average molecular weight is 492 g/mol. The van der Waals surface area contributed by atoms with Crippen molar-refractivity contribution in [2.24, 2.45) is 14.1 Å². The Balaban J connectivity index is 1.56. The van der Waals surface area contributed by atoms with Gasteiger partial charge >= 0.3 is 5.69 Å². The van der Waals surface area contributed by atoms with Crippen LogP contribution in [-0.2, 0) is 25.3 Å². The van der Waals surface area contributed by atoms with Crippen molar-refractivity contribution in [2.75, 3.05) is 5.32 Å². The van der Waals surface area contributed by atoms with Gasteiger partial charge in [0.15, 0.2) is 5.13 Å². The van der Waals surface area contributed by atoms with E-state index in [0.717, 1.165) is 31.8 Å². The molecule has 4 rings (SSSR count). The molecule has 0 bridgehead atoms. The number of carbonyl (C=O) groups is 1. The topological polar surface area (TPSA) is 98.9 Å². The van der Waals surface area contributed by atoms with Gasteiger partial charge in [0.25, 0.3) is 5.56 Å². The van der Waals surface area contributed by atoms with Crippen LogP contribution in [0.5, 0.6) is 0 Å². The Morgan fingerprint density at radius 2 is 1.90 bits per heavy atom. The highest BCUT2D eigenvalue weighted by molar-refractivity contribution is 9.10. The van der Waals surface area contributed by atoms with Gasteiger partial charge in [-0.05, 0) is 23.7 Å². The molecule has 8 nitrogen and oxygen atoms in total. The minimum Gasteiger partial charge on any atom is -0.302 e. The fourth-order valence-electron chi connectivity index (χ4n) is 2.84. The summed E-state index contributed by atoms with van der Waals surface area (Å²) in [6.45, 7) is 0. The maximum absolute atomic E-state index is 12.5. The van der Waals surface area contributed by atoms with Crippen molar-refractivity contribution in [1.82, 2.24) is 18.5 Å². The summed E-state index contributed by atoms with van der Waals surface area (Å²) in [4.78, 5) is 41.9. The van der Waals surface area contributed by atoms with Gasteiger partial charge in [0, 0.05) is 29.5 Å². The molecule has 0 spiro atoms. The number of fused-ring (bicyclic) bond motifs is 1. The van der Waals surface area contributed by atoms with Gasteiger partial charge in [-0.15, -0.1) is 11.3 Å². The number of aromatic nitrogens is 4. The largest absolute Gasteiger partial charge is 0.331 e. The van der Waals surface area contributed by atoms with E-state index in [1.165, 1.54) is 23.0 Å². The van der Waals surface area contributed by atoms with Gasteiger partial charge in [0.1, 0.15) is 4.83 Å². The van der Waals surface area contributed by atoms with E-state index in [0.29, 0.717) is 21.0 Å². The number of hydrogen-bond donors (Lipinski definition) is 1. The number of anilines is 1. The molecule has 0 fully saturated rings. The van der Waals surface area contributed by atoms with E-state index in [1.807, 2.05) is 29.6 Å². The second kappa shape index (κ2) is 7.65. The van der Waals surface area contributed by atoms with E-state index in [1.54, 1.807) is 7.05 Å². The second-order valence-electron chi connectivity index (χ2n) is 6.28. The smallest absolute Gasteiger partial charge is 0.302 e. The highest BCUT2D eigenvalue weighted by Crippen LogP contribution is 2.26. The molecule has 0 aliphatic heterocycles. The molecule has 1 amide bonds. The molecule has 11 heteroatoms. The summed E-state index contributed by atoms with van der Waals surface area (Å²) < 4.78 is 7.58. The average Bonchev–Trinajstić information content (AvgIpc) is 3.32. The van der Waals surface area contributed by atoms with Crippen LogP contribution in [0.3, 0.4) is 0 Å². The lowest BCUT2D eigenvalue weighted by molar-refractivity contribution is -0.115. The Hall–Kier alpha value is -2.63. The van der Waals surface area contributed by atoms with E-state index in [9.17, 15) is 14.4 Å². The van der Waals surface area contributed by atoms with Crippen molar-refractivity contribution in [2.45, 2.75) is 6.42 Å². The molecule has 0 saturated heterocycles. The molecule has 1 N–H and O–H groups in total. The first-order chi connectivity index (χ1) is 13.8. The number of nitrogens with zero attached hydrogens (tertiary/aromatic N) is 4. The van der Waals surface area contributed by atoms with Crippen LogP contribution in [0.25, 0.3) is 21.5 Å². The molecular formula is C18H14BrN5O3S2. The highest BCUT2D eigenvalue weighted by atomic mass is 79.9. The number of halogens is 1. The molecular weight excluding hydrogens is 478 g/mol. The van der Waals surface area contributed by atoms with Crippen molar-refractivity contribution in [3.8, 4) is 11.3 Å². The number of rotatable bonds is 4. The quantitative estimate of drug-likeness (QED) is 0.473. The van der Waals surface area contributed by atoms with Crippen molar-refractivity contribution in [3.63, 3.8) is 0 Å². The fraction of sp³-hybridized carbons (Fsp3) is 0.167. The molecule has 4 aromatic rings. The zero-order valence-corrected chi connectivity index (χ0v) is 18.5. The van der Waals surface area contributed by atoms with E-state index >= 15 is 0 Å². The zero-order chi connectivity index (χ0) is 20.7. The number of hydrogen-bond acceptors (Lipinski definition) is 7. The molecule has 0 saturated carbocycles. The number of aryl methyl sites for hydroxylation is 1. The van der Waals surface area contributed by atoms with Crippen LogP contribution in [0.4, 0.5) is 5.13 Å².